The van der Waals surface area contributed by atoms with Gasteiger partial charge in [-0.2, -0.15) is 0 Å². The second-order valence-corrected chi connectivity index (χ2v) is 4.12. The van der Waals surface area contributed by atoms with Crippen molar-refractivity contribution in [3.63, 3.8) is 0 Å². The van der Waals surface area contributed by atoms with Crippen LogP contribution < -0.4 is 16.6 Å². The molecule has 2 rings (SSSR count). The van der Waals surface area contributed by atoms with Gasteiger partial charge in [-0.25, -0.2) is 15.2 Å². The van der Waals surface area contributed by atoms with E-state index in [0.717, 1.165) is 5.69 Å². The summed E-state index contributed by atoms with van der Waals surface area (Å²) < 4.78 is 13.8. The van der Waals surface area contributed by atoms with Crippen LogP contribution in [0.1, 0.15) is 21.7 Å². The lowest BCUT2D eigenvalue weighted by atomic mass is 10.2. The second-order valence-electron chi connectivity index (χ2n) is 4.12. The highest BCUT2D eigenvalue weighted by Gasteiger charge is 2.15. The van der Waals surface area contributed by atoms with Gasteiger partial charge in [-0.3, -0.25) is 9.78 Å². The predicted molar refractivity (Wildman–Crippen MR) is 72.1 cm³/mol. The van der Waals surface area contributed by atoms with E-state index in [4.69, 9.17) is 5.84 Å². The molecule has 2 heterocycles. The number of hydrogen-bond donors (Lipinski definition) is 3. The number of nitrogens with two attached hydrogens (primary N) is 1. The van der Waals surface area contributed by atoms with E-state index >= 15 is 0 Å². The largest absolute Gasteiger partial charge is 0.346 e. The molecule has 0 saturated heterocycles. The minimum absolute atomic E-state index is 0.124. The summed E-state index contributed by atoms with van der Waals surface area (Å²) in [5.41, 5.74) is 3.52. The molecule has 0 fully saturated rings. The number of halogens is 1. The Morgan fingerprint density at radius 2 is 2.20 bits per heavy atom. The fourth-order valence-corrected chi connectivity index (χ4v) is 1.68. The molecule has 0 saturated carbocycles. The van der Waals surface area contributed by atoms with E-state index in [9.17, 15) is 9.18 Å². The number of nitrogen functional groups attached to an aromatic ring is 1. The zero-order chi connectivity index (χ0) is 14.5. The summed E-state index contributed by atoms with van der Waals surface area (Å²) in [4.78, 5) is 19.8. The quantitative estimate of drug-likeness (QED) is 0.574. The Balaban J connectivity index is 2.09. The standard InChI is InChI=1S/C13H14FN5O/c1-8-3-2-4-9(18-8)7-17-13(20)10-5-6-16-12(19-15)11(10)14/h2-6H,7,15H2,1H3,(H,16,19)(H,17,20). The number of amides is 1. The van der Waals surface area contributed by atoms with Crippen LogP contribution in [0.4, 0.5) is 10.2 Å². The highest BCUT2D eigenvalue weighted by Crippen LogP contribution is 2.13. The Morgan fingerprint density at radius 1 is 1.40 bits per heavy atom. The van der Waals surface area contributed by atoms with Crippen LogP contribution in [-0.2, 0) is 6.54 Å². The molecule has 0 aromatic carbocycles. The lowest BCUT2D eigenvalue weighted by Crippen LogP contribution is -2.25. The number of nitrogens with one attached hydrogen (secondary N) is 2. The summed E-state index contributed by atoms with van der Waals surface area (Å²) in [6, 6.07) is 6.76. The van der Waals surface area contributed by atoms with Gasteiger partial charge in [-0.05, 0) is 25.1 Å². The number of aryl methyl sites for hydroxylation is 1. The van der Waals surface area contributed by atoms with Gasteiger partial charge < -0.3 is 10.7 Å². The third-order valence-electron chi connectivity index (χ3n) is 2.65. The van der Waals surface area contributed by atoms with Gasteiger partial charge in [0.1, 0.15) is 0 Å². The number of hydrazine groups is 1. The fraction of sp³-hybridized carbons (Fsp3) is 0.154. The number of aromatic nitrogens is 2. The summed E-state index contributed by atoms with van der Waals surface area (Å²) in [5, 5.41) is 2.60. The van der Waals surface area contributed by atoms with Gasteiger partial charge in [0.25, 0.3) is 5.91 Å². The molecule has 0 atom stereocenters. The number of hydrogen-bond acceptors (Lipinski definition) is 5. The molecule has 0 bridgehead atoms. The first kappa shape index (κ1) is 13.9. The van der Waals surface area contributed by atoms with Crippen LogP contribution in [0.15, 0.2) is 30.5 Å². The molecule has 0 aliphatic carbocycles. The van der Waals surface area contributed by atoms with Crippen molar-refractivity contribution in [3.05, 3.63) is 53.2 Å². The SMILES string of the molecule is Cc1cccc(CNC(=O)c2ccnc(NN)c2F)n1. The van der Waals surface area contributed by atoms with Crippen LogP contribution in [0, 0.1) is 12.7 Å². The van der Waals surface area contributed by atoms with Crippen LogP contribution >= 0.6 is 0 Å². The molecule has 0 unspecified atom stereocenters. The van der Waals surface area contributed by atoms with Gasteiger partial charge in [0, 0.05) is 11.9 Å². The Labute approximate surface area is 115 Å². The molecule has 6 nitrogen and oxygen atoms in total. The maximum Gasteiger partial charge on any atom is 0.254 e. The van der Waals surface area contributed by atoms with Crippen molar-refractivity contribution in [2.24, 2.45) is 5.84 Å². The van der Waals surface area contributed by atoms with Crippen molar-refractivity contribution in [1.82, 2.24) is 15.3 Å². The highest BCUT2D eigenvalue weighted by atomic mass is 19.1. The molecular weight excluding hydrogens is 261 g/mol. The maximum atomic E-state index is 13.8. The number of carbonyl (C=O) groups is 1. The number of anilines is 1. The minimum Gasteiger partial charge on any atom is -0.346 e. The molecule has 20 heavy (non-hydrogen) atoms. The molecule has 4 N–H and O–H groups in total. The Morgan fingerprint density at radius 3 is 2.90 bits per heavy atom. The van der Waals surface area contributed by atoms with Crippen molar-refractivity contribution >= 4 is 11.7 Å². The van der Waals surface area contributed by atoms with Crippen LogP contribution in [0.2, 0.25) is 0 Å². The first-order valence-corrected chi connectivity index (χ1v) is 5.93. The number of rotatable bonds is 4. The molecule has 0 spiro atoms. The predicted octanol–water partition coefficient (Wildman–Crippen LogP) is 1.14. The van der Waals surface area contributed by atoms with E-state index in [2.05, 4.69) is 20.7 Å². The van der Waals surface area contributed by atoms with E-state index in [1.165, 1.54) is 12.3 Å². The lowest BCUT2D eigenvalue weighted by Gasteiger charge is -2.08. The van der Waals surface area contributed by atoms with Crippen LogP contribution in [0.5, 0.6) is 0 Å². The van der Waals surface area contributed by atoms with E-state index in [1.54, 1.807) is 6.07 Å². The van der Waals surface area contributed by atoms with Crippen molar-refractivity contribution in [1.29, 1.82) is 0 Å². The molecule has 0 radical (unpaired) electrons. The third kappa shape index (κ3) is 3.07. The molecule has 104 valence electrons. The Bertz CT molecular complexity index is 632. The van der Waals surface area contributed by atoms with Gasteiger partial charge >= 0.3 is 0 Å². The minimum atomic E-state index is -0.787. The molecular formula is C13H14FN5O. The summed E-state index contributed by atoms with van der Waals surface area (Å²) in [6.07, 6.45) is 1.30. The lowest BCUT2D eigenvalue weighted by molar-refractivity contribution is 0.0946. The first-order chi connectivity index (χ1) is 9.61. The Kier molecular flexibility index (Phi) is 4.21. The van der Waals surface area contributed by atoms with Crippen molar-refractivity contribution in [2.75, 3.05) is 5.43 Å². The van der Waals surface area contributed by atoms with Gasteiger partial charge in [0.05, 0.1) is 17.8 Å². The average molecular weight is 275 g/mol. The number of carbonyl (C=O) groups excluding carboxylic acids is 1. The van der Waals surface area contributed by atoms with Gasteiger partial charge in [0.15, 0.2) is 11.6 Å². The zero-order valence-electron chi connectivity index (χ0n) is 10.9. The third-order valence-corrected chi connectivity index (χ3v) is 2.65. The fourth-order valence-electron chi connectivity index (χ4n) is 1.68. The van der Waals surface area contributed by atoms with Gasteiger partial charge in [0.2, 0.25) is 0 Å². The molecule has 2 aromatic heterocycles. The number of pyridine rings is 2. The van der Waals surface area contributed by atoms with E-state index < -0.39 is 11.7 Å². The molecule has 0 aliphatic heterocycles. The van der Waals surface area contributed by atoms with Crippen LogP contribution in [0.3, 0.4) is 0 Å². The summed E-state index contributed by atoms with van der Waals surface area (Å²) in [5.74, 6) is 3.59. The zero-order valence-corrected chi connectivity index (χ0v) is 10.9. The Hall–Kier alpha value is -2.54. The van der Waals surface area contributed by atoms with E-state index in [-0.39, 0.29) is 17.9 Å². The van der Waals surface area contributed by atoms with Gasteiger partial charge in [-0.15, -0.1) is 0 Å². The van der Waals surface area contributed by atoms with Crippen LogP contribution in [-0.4, -0.2) is 15.9 Å². The van der Waals surface area contributed by atoms with Crippen molar-refractivity contribution in [2.45, 2.75) is 13.5 Å². The summed E-state index contributed by atoms with van der Waals surface area (Å²) in [7, 11) is 0. The van der Waals surface area contributed by atoms with E-state index in [0.29, 0.717) is 5.69 Å². The maximum absolute atomic E-state index is 13.8. The molecule has 0 aliphatic rings. The molecule has 7 heteroatoms. The summed E-state index contributed by atoms with van der Waals surface area (Å²) >= 11 is 0. The second kappa shape index (κ2) is 6.07. The number of nitrogens with zero attached hydrogens (tertiary/aromatic N) is 2. The van der Waals surface area contributed by atoms with Crippen molar-refractivity contribution in [3.8, 4) is 0 Å². The normalized spacial score (nSPS) is 10.2. The molecule has 2 aromatic rings. The highest BCUT2D eigenvalue weighted by molar-refractivity contribution is 5.95. The first-order valence-electron chi connectivity index (χ1n) is 5.93. The van der Waals surface area contributed by atoms with E-state index in [1.807, 2.05) is 19.1 Å². The monoisotopic (exact) mass is 275 g/mol. The average Bonchev–Trinajstić information content (AvgIpc) is 2.45. The van der Waals surface area contributed by atoms with Gasteiger partial charge in [-0.1, -0.05) is 6.07 Å². The molecule has 1 amide bonds. The van der Waals surface area contributed by atoms with Crippen LogP contribution in [0.25, 0.3) is 0 Å². The summed E-state index contributed by atoms with van der Waals surface area (Å²) in [6.45, 7) is 2.07. The smallest absolute Gasteiger partial charge is 0.254 e. The van der Waals surface area contributed by atoms with Crippen molar-refractivity contribution < 1.29 is 9.18 Å². The topological polar surface area (TPSA) is 92.9 Å².